The van der Waals surface area contributed by atoms with E-state index in [2.05, 4.69) is 16.7 Å². The van der Waals surface area contributed by atoms with Gasteiger partial charge >= 0.3 is 6.03 Å². The van der Waals surface area contributed by atoms with E-state index in [-0.39, 0.29) is 23.7 Å². The molecule has 5 heteroatoms. The number of nitrogens with one attached hydrogen (secondary N) is 2. The van der Waals surface area contributed by atoms with E-state index in [0.717, 1.165) is 37.9 Å². The van der Waals surface area contributed by atoms with Crippen LogP contribution in [0.1, 0.15) is 62.6 Å². The van der Waals surface area contributed by atoms with Gasteiger partial charge < -0.3 is 15.4 Å². The largest absolute Gasteiger partial charge is 0.375 e. The standard InChI is InChI=1S/C19H25N3O2/c1-14(16-6-4-5-15(11-16)13-20)21-18(23)22-17-7-10-24-19(12-17)8-2-3-9-19/h4-6,11,14,17H,2-3,7-10,12H2,1H3,(H2,21,22,23)/t14-,17+/m1/s1. The molecule has 1 spiro atoms. The Morgan fingerprint density at radius 3 is 2.96 bits per heavy atom. The van der Waals surface area contributed by atoms with Gasteiger partial charge in [-0.15, -0.1) is 0 Å². The number of carbonyl (C=O) groups excluding carboxylic acids is 1. The first-order chi connectivity index (χ1) is 11.6. The summed E-state index contributed by atoms with van der Waals surface area (Å²) in [5, 5.41) is 15.1. The van der Waals surface area contributed by atoms with Gasteiger partial charge in [-0.3, -0.25) is 0 Å². The number of nitriles is 1. The van der Waals surface area contributed by atoms with Crippen molar-refractivity contribution in [3.63, 3.8) is 0 Å². The Bertz CT molecular complexity index is 632. The Morgan fingerprint density at radius 2 is 2.21 bits per heavy atom. The van der Waals surface area contributed by atoms with Gasteiger partial charge in [-0.2, -0.15) is 5.26 Å². The van der Waals surface area contributed by atoms with E-state index >= 15 is 0 Å². The van der Waals surface area contributed by atoms with Crippen LogP contribution in [0.3, 0.4) is 0 Å². The predicted octanol–water partition coefficient (Wildman–Crippen LogP) is 3.41. The van der Waals surface area contributed by atoms with Crippen LogP contribution >= 0.6 is 0 Å². The molecule has 1 aromatic carbocycles. The highest BCUT2D eigenvalue weighted by molar-refractivity contribution is 5.74. The van der Waals surface area contributed by atoms with Crippen LogP contribution in [0, 0.1) is 11.3 Å². The molecule has 24 heavy (non-hydrogen) atoms. The number of ether oxygens (including phenoxy) is 1. The number of hydrogen-bond donors (Lipinski definition) is 2. The highest BCUT2D eigenvalue weighted by Gasteiger charge is 2.40. The molecule has 1 saturated carbocycles. The van der Waals surface area contributed by atoms with Crippen LogP contribution in [0.5, 0.6) is 0 Å². The second kappa shape index (κ2) is 7.23. The number of hydrogen-bond acceptors (Lipinski definition) is 3. The molecule has 1 aliphatic heterocycles. The molecule has 1 aliphatic carbocycles. The molecule has 0 unspecified atom stereocenters. The number of rotatable bonds is 3. The highest BCUT2D eigenvalue weighted by Crippen LogP contribution is 2.39. The minimum absolute atomic E-state index is 0.00292. The van der Waals surface area contributed by atoms with Gasteiger partial charge in [0.05, 0.1) is 23.3 Å². The van der Waals surface area contributed by atoms with Crippen LogP contribution in [0.2, 0.25) is 0 Å². The lowest BCUT2D eigenvalue weighted by Crippen LogP contribution is -2.50. The molecule has 2 fully saturated rings. The van der Waals surface area contributed by atoms with Gasteiger partial charge in [-0.05, 0) is 50.3 Å². The average molecular weight is 327 g/mol. The van der Waals surface area contributed by atoms with Crippen LogP contribution in [0.4, 0.5) is 4.79 Å². The van der Waals surface area contributed by atoms with E-state index in [9.17, 15) is 4.79 Å². The zero-order chi connectivity index (χ0) is 17.0. The fourth-order valence-electron chi connectivity index (χ4n) is 3.90. The molecule has 5 nitrogen and oxygen atoms in total. The first-order valence-corrected chi connectivity index (χ1v) is 8.81. The van der Waals surface area contributed by atoms with Gasteiger partial charge in [-0.1, -0.05) is 25.0 Å². The van der Waals surface area contributed by atoms with Crippen LogP contribution in [-0.2, 0) is 4.74 Å². The third-order valence-electron chi connectivity index (χ3n) is 5.21. The van der Waals surface area contributed by atoms with Gasteiger partial charge in [0.15, 0.2) is 0 Å². The van der Waals surface area contributed by atoms with Crippen molar-refractivity contribution in [2.24, 2.45) is 0 Å². The van der Waals surface area contributed by atoms with Crippen LogP contribution in [0.15, 0.2) is 24.3 Å². The molecule has 0 radical (unpaired) electrons. The Labute approximate surface area is 143 Å². The summed E-state index contributed by atoms with van der Waals surface area (Å²) < 4.78 is 6.01. The third-order valence-corrected chi connectivity index (χ3v) is 5.21. The topological polar surface area (TPSA) is 74.2 Å². The van der Waals surface area contributed by atoms with Crippen molar-refractivity contribution in [3.8, 4) is 6.07 Å². The summed E-state index contributed by atoms with van der Waals surface area (Å²) >= 11 is 0. The van der Waals surface area contributed by atoms with Gasteiger partial charge in [0.25, 0.3) is 0 Å². The van der Waals surface area contributed by atoms with Crippen molar-refractivity contribution in [1.29, 1.82) is 5.26 Å². The van der Waals surface area contributed by atoms with Crippen molar-refractivity contribution in [3.05, 3.63) is 35.4 Å². The monoisotopic (exact) mass is 327 g/mol. The van der Waals surface area contributed by atoms with Crippen molar-refractivity contribution in [2.45, 2.75) is 63.1 Å². The molecule has 0 bridgehead atoms. The summed E-state index contributed by atoms with van der Waals surface area (Å²) in [7, 11) is 0. The van der Waals surface area contributed by atoms with Crippen molar-refractivity contribution < 1.29 is 9.53 Å². The number of nitrogens with zero attached hydrogens (tertiary/aromatic N) is 1. The number of benzene rings is 1. The molecule has 1 heterocycles. The van der Waals surface area contributed by atoms with Crippen molar-refractivity contribution in [2.75, 3.05) is 6.61 Å². The molecule has 1 aromatic rings. The van der Waals surface area contributed by atoms with Gasteiger partial charge in [-0.25, -0.2) is 4.79 Å². The molecule has 2 atom stereocenters. The average Bonchev–Trinajstić information content (AvgIpc) is 3.02. The van der Waals surface area contributed by atoms with Crippen LogP contribution in [-0.4, -0.2) is 24.3 Å². The minimum atomic E-state index is -0.148. The predicted molar refractivity (Wildman–Crippen MR) is 91.4 cm³/mol. The summed E-state index contributed by atoms with van der Waals surface area (Å²) in [5.74, 6) is 0. The second-order valence-corrected chi connectivity index (χ2v) is 7.01. The highest BCUT2D eigenvalue weighted by atomic mass is 16.5. The lowest BCUT2D eigenvalue weighted by molar-refractivity contribution is -0.0820. The smallest absolute Gasteiger partial charge is 0.315 e. The summed E-state index contributed by atoms with van der Waals surface area (Å²) in [4.78, 5) is 12.3. The molecule has 3 rings (SSSR count). The zero-order valence-electron chi connectivity index (χ0n) is 14.2. The lowest BCUT2D eigenvalue weighted by atomic mass is 9.89. The number of amides is 2. The normalized spacial score (nSPS) is 23.4. The van der Waals surface area contributed by atoms with Crippen molar-refractivity contribution in [1.82, 2.24) is 10.6 Å². The summed E-state index contributed by atoms with van der Waals surface area (Å²) in [5.41, 5.74) is 1.54. The Morgan fingerprint density at radius 1 is 1.42 bits per heavy atom. The third kappa shape index (κ3) is 3.88. The van der Waals surface area contributed by atoms with E-state index < -0.39 is 0 Å². The van der Waals surface area contributed by atoms with E-state index in [0.29, 0.717) is 5.56 Å². The maximum atomic E-state index is 12.3. The molecule has 0 aromatic heterocycles. The van der Waals surface area contributed by atoms with Gasteiger partial charge in [0.2, 0.25) is 0 Å². The summed E-state index contributed by atoms with van der Waals surface area (Å²) in [6, 6.07) is 9.35. The maximum absolute atomic E-state index is 12.3. The van der Waals surface area contributed by atoms with E-state index in [1.54, 1.807) is 6.07 Å². The van der Waals surface area contributed by atoms with Crippen molar-refractivity contribution >= 4 is 6.03 Å². The molecule has 2 aliphatic rings. The first-order valence-electron chi connectivity index (χ1n) is 8.81. The SMILES string of the molecule is C[C@@H](NC(=O)N[C@H]1CCOC2(CCCC2)C1)c1cccc(C#N)c1. The van der Waals surface area contributed by atoms with E-state index in [1.165, 1.54) is 12.8 Å². The molecular weight excluding hydrogens is 302 g/mol. The number of carbonyl (C=O) groups is 1. The van der Waals surface area contributed by atoms with Gasteiger partial charge in [0.1, 0.15) is 0 Å². The Kier molecular flexibility index (Phi) is 5.06. The second-order valence-electron chi connectivity index (χ2n) is 7.01. The molecule has 1 saturated heterocycles. The number of urea groups is 1. The lowest BCUT2D eigenvalue weighted by Gasteiger charge is -2.38. The van der Waals surface area contributed by atoms with Gasteiger partial charge in [0, 0.05) is 12.6 Å². The summed E-state index contributed by atoms with van der Waals surface area (Å²) in [6.45, 7) is 2.66. The van der Waals surface area contributed by atoms with E-state index in [4.69, 9.17) is 10.00 Å². The fourth-order valence-corrected chi connectivity index (χ4v) is 3.90. The maximum Gasteiger partial charge on any atom is 0.315 e. The zero-order valence-corrected chi connectivity index (χ0v) is 14.2. The van der Waals surface area contributed by atoms with Crippen LogP contribution < -0.4 is 10.6 Å². The van der Waals surface area contributed by atoms with E-state index in [1.807, 2.05) is 25.1 Å². The van der Waals surface area contributed by atoms with Crippen LogP contribution in [0.25, 0.3) is 0 Å². The summed E-state index contributed by atoms with van der Waals surface area (Å²) in [6.07, 6.45) is 6.47. The molecule has 2 N–H and O–H groups in total. The molecule has 2 amide bonds. The first kappa shape index (κ1) is 16.8. The Hall–Kier alpha value is -2.06. The molecular formula is C19H25N3O2. The Balaban J connectivity index is 1.54. The molecule has 128 valence electrons. The minimum Gasteiger partial charge on any atom is -0.375 e. The quantitative estimate of drug-likeness (QED) is 0.893. The fraction of sp³-hybridized carbons (Fsp3) is 0.579.